The summed E-state index contributed by atoms with van der Waals surface area (Å²) in [5.41, 5.74) is 4.48. The summed E-state index contributed by atoms with van der Waals surface area (Å²) in [7, 11) is 0. The molecule has 6 heteroatoms. The highest BCUT2D eigenvalue weighted by atomic mass is 35.5. The zero-order chi connectivity index (χ0) is 24.4. The molecule has 0 unspecified atom stereocenters. The van der Waals surface area contributed by atoms with Gasteiger partial charge in [0, 0.05) is 28.0 Å². The minimum atomic E-state index is -0.496. The van der Waals surface area contributed by atoms with E-state index in [4.69, 9.17) is 23.2 Å². The van der Waals surface area contributed by atoms with Crippen LogP contribution < -0.4 is 10.7 Å². The third kappa shape index (κ3) is 4.39. The molecule has 1 heterocycles. The van der Waals surface area contributed by atoms with Gasteiger partial charge in [-0.25, -0.2) is 0 Å². The number of anilines is 1. The first-order chi connectivity index (χ1) is 16.3. The Morgan fingerprint density at radius 1 is 0.912 bits per heavy atom. The number of rotatable bonds is 5. The van der Waals surface area contributed by atoms with Gasteiger partial charge in [-0.3, -0.25) is 9.59 Å². The monoisotopic (exact) mass is 490 g/mol. The first kappa shape index (κ1) is 23.8. The van der Waals surface area contributed by atoms with Crippen molar-refractivity contribution in [2.45, 2.75) is 27.2 Å². The number of benzene rings is 3. The Morgan fingerprint density at radius 3 is 2.26 bits per heavy atom. The summed E-state index contributed by atoms with van der Waals surface area (Å²) in [5, 5.41) is 3.91. The van der Waals surface area contributed by atoms with Gasteiger partial charge < -0.3 is 9.88 Å². The van der Waals surface area contributed by atoms with Crippen LogP contribution in [0.2, 0.25) is 10.0 Å². The lowest BCUT2D eigenvalue weighted by Gasteiger charge is -2.22. The van der Waals surface area contributed by atoms with Gasteiger partial charge in [-0.2, -0.15) is 0 Å². The number of nitrogens with one attached hydrogen (secondary N) is 1. The SMILES string of the molecule is CCc1cccc(C)c1NC(=O)c1c(-c2ccccc2Cl)n(-c2ccccc2Cl)c(C)cc1=O. The van der Waals surface area contributed by atoms with E-state index in [1.807, 2.05) is 67.8 Å². The molecular weight excluding hydrogens is 467 g/mol. The summed E-state index contributed by atoms with van der Waals surface area (Å²) in [5.74, 6) is -0.496. The summed E-state index contributed by atoms with van der Waals surface area (Å²) >= 11 is 13.2. The van der Waals surface area contributed by atoms with Crippen molar-refractivity contribution in [1.29, 1.82) is 0 Å². The molecule has 0 radical (unpaired) electrons. The van der Waals surface area contributed by atoms with Crippen molar-refractivity contribution in [3.05, 3.63) is 115 Å². The number of amides is 1. The molecule has 4 nitrogen and oxygen atoms in total. The Morgan fingerprint density at radius 2 is 1.59 bits per heavy atom. The molecule has 0 fully saturated rings. The van der Waals surface area contributed by atoms with Crippen LogP contribution >= 0.6 is 23.2 Å². The largest absolute Gasteiger partial charge is 0.321 e. The molecule has 4 rings (SSSR count). The fraction of sp³-hybridized carbons (Fsp3) is 0.143. The first-order valence-electron chi connectivity index (χ1n) is 11.0. The molecule has 0 saturated heterocycles. The summed E-state index contributed by atoms with van der Waals surface area (Å²) in [6, 6.07) is 21.8. The molecule has 0 atom stereocenters. The van der Waals surface area contributed by atoms with E-state index < -0.39 is 5.91 Å². The number of aryl methyl sites for hydroxylation is 3. The minimum absolute atomic E-state index is 0.00364. The standard InChI is InChI=1S/C28H24Cl2N2O2/c1-4-19-11-9-10-17(2)26(19)31-28(34)25-24(33)16-18(3)32(23-15-8-7-14-22(23)30)27(25)20-12-5-6-13-21(20)29/h5-16H,4H2,1-3H3,(H,31,34). The quantitative estimate of drug-likeness (QED) is 0.320. The van der Waals surface area contributed by atoms with Crippen LogP contribution in [0.5, 0.6) is 0 Å². The zero-order valence-corrected chi connectivity index (χ0v) is 20.7. The van der Waals surface area contributed by atoms with Crippen LogP contribution in [-0.2, 0) is 6.42 Å². The number of para-hydroxylation sites is 2. The fourth-order valence-electron chi connectivity index (χ4n) is 4.18. The number of hydrogen-bond donors (Lipinski definition) is 1. The third-order valence-corrected chi connectivity index (χ3v) is 6.48. The molecule has 0 aliphatic carbocycles. The van der Waals surface area contributed by atoms with E-state index in [1.54, 1.807) is 24.3 Å². The van der Waals surface area contributed by atoms with Gasteiger partial charge in [0.2, 0.25) is 0 Å². The van der Waals surface area contributed by atoms with E-state index in [0.29, 0.717) is 38.4 Å². The second-order valence-electron chi connectivity index (χ2n) is 8.06. The molecule has 0 aliphatic heterocycles. The maximum atomic E-state index is 13.7. The highest BCUT2D eigenvalue weighted by Gasteiger charge is 2.25. The van der Waals surface area contributed by atoms with Crippen molar-refractivity contribution in [1.82, 2.24) is 4.57 Å². The van der Waals surface area contributed by atoms with Crippen LogP contribution in [0.1, 0.15) is 34.1 Å². The van der Waals surface area contributed by atoms with Gasteiger partial charge >= 0.3 is 0 Å². The Kier molecular flexibility index (Phi) is 6.92. The van der Waals surface area contributed by atoms with E-state index in [2.05, 4.69) is 5.32 Å². The van der Waals surface area contributed by atoms with Crippen molar-refractivity contribution >= 4 is 34.8 Å². The second kappa shape index (κ2) is 9.88. The number of aromatic nitrogens is 1. The molecule has 1 N–H and O–H groups in total. The third-order valence-electron chi connectivity index (χ3n) is 5.83. The summed E-state index contributed by atoms with van der Waals surface area (Å²) in [4.78, 5) is 27.1. The fourth-order valence-corrected chi connectivity index (χ4v) is 4.63. The zero-order valence-electron chi connectivity index (χ0n) is 19.2. The molecule has 1 aromatic heterocycles. The number of carbonyl (C=O) groups is 1. The molecule has 0 spiro atoms. The van der Waals surface area contributed by atoms with Gasteiger partial charge in [0.15, 0.2) is 5.43 Å². The van der Waals surface area contributed by atoms with Crippen molar-refractivity contribution in [2.24, 2.45) is 0 Å². The van der Waals surface area contributed by atoms with Gasteiger partial charge in [0.25, 0.3) is 5.91 Å². The predicted octanol–water partition coefficient (Wildman–Crippen LogP) is 7.24. The highest BCUT2D eigenvalue weighted by Crippen LogP contribution is 2.35. The van der Waals surface area contributed by atoms with E-state index in [1.165, 1.54) is 6.07 Å². The van der Waals surface area contributed by atoms with Crippen molar-refractivity contribution < 1.29 is 4.79 Å². The van der Waals surface area contributed by atoms with Crippen LogP contribution in [0.4, 0.5) is 5.69 Å². The van der Waals surface area contributed by atoms with Crippen molar-refractivity contribution in [3.63, 3.8) is 0 Å². The molecule has 172 valence electrons. The lowest BCUT2D eigenvalue weighted by atomic mass is 10.0. The molecule has 3 aromatic carbocycles. The number of hydrogen-bond acceptors (Lipinski definition) is 2. The smallest absolute Gasteiger partial charge is 0.261 e. The van der Waals surface area contributed by atoms with E-state index in [-0.39, 0.29) is 11.0 Å². The van der Waals surface area contributed by atoms with Crippen molar-refractivity contribution in [2.75, 3.05) is 5.32 Å². The summed E-state index contributed by atoms with van der Waals surface area (Å²) in [6.07, 6.45) is 0.742. The van der Waals surface area contributed by atoms with Crippen LogP contribution in [0.3, 0.4) is 0 Å². The maximum Gasteiger partial charge on any atom is 0.261 e. The molecule has 0 saturated carbocycles. The predicted molar refractivity (Wildman–Crippen MR) is 141 cm³/mol. The number of halogens is 2. The maximum absolute atomic E-state index is 13.7. The van der Waals surface area contributed by atoms with E-state index >= 15 is 0 Å². The second-order valence-corrected chi connectivity index (χ2v) is 8.87. The Balaban J connectivity index is 2.03. The van der Waals surface area contributed by atoms with Crippen LogP contribution in [0.15, 0.2) is 77.6 Å². The topological polar surface area (TPSA) is 51.1 Å². The molecule has 1 amide bonds. The first-order valence-corrected chi connectivity index (χ1v) is 11.7. The number of nitrogens with zero attached hydrogens (tertiary/aromatic N) is 1. The van der Waals surface area contributed by atoms with Gasteiger partial charge in [-0.15, -0.1) is 0 Å². The van der Waals surface area contributed by atoms with E-state index in [9.17, 15) is 9.59 Å². The lowest BCUT2D eigenvalue weighted by Crippen LogP contribution is -2.27. The Labute approximate surface area is 208 Å². The highest BCUT2D eigenvalue weighted by molar-refractivity contribution is 6.34. The minimum Gasteiger partial charge on any atom is -0.321 e. The van der Waals surface area contributed by atoms with Gasteiger partial charge in [-0.1, -0.05) is 78.7 Å². The van der Waals surface area contributed by atoms with Gasteiger partial charge in [-0.05, 0) is 49.6 Å². The van der Waals surface area contributed by atoms with Crippen molar-refractivity contribution in [3.8, 4) is 16.9 Å². The Bertz CT molecular complexity index is 1460. The van der Waals surface area contributed by atoms with Crippen LogP contribution in [0.25, 0.3) is 16.9 Å². The number of carbonyl (C=O) groups excluding carboxylic acids is 1. The molecule has 34 heavy (non-hydrogen) atoms. The van der Waals surface area contributed by atoms with Crippen LogP contribution in [-0.4, -0.2) is 10.5 Å². The number of pyridine rings is 1. The molecular formula is C28H24Cl2N2O2. The van der Waals surface area contributed by atoms with E-state index in [0.717, 1.165) is 17.5 Å². The molecule has 0 aliphatic rings. The Hall–Kier alpha value is -3.34. The average Bonchev–Trinajstić information content (AvgIpc) is 2.81. The lowest BCUT2D eigenvalue weighted by molar-refractivity contribution is 0.102. The summed E-state index contributed by atoms with van der Waals surface area (Å²) < 4.78 is 1.82. The molecule has 4 aromatic rings. The van der Waals surface area contributed by atoms with Gasteiger partial charge in [0.05, 0.1) is 16.4 Å². The van der Waals surface area contributed by atoms with Gasteiger partial charge in [0.1, 0.15) is 5.56 Å². The average molecular weight is 491 g/mol. The normalized spacial score (nSPS) is 10.9. The van der Waals surface area contributed by atoms with Crippen LogP contribution in [0, 0.1) is 13.8 Å². The summed E-state index contributed by atoms with van der Waals surface area (Å²) in [6.45, 7) is 5.76. The molecule has 0 bridgehead atoms.